The second-order valence-corrected chi connectivity index (χ2v) is 8.90. The Morgan fingerprint density at radius 3 is 2.44 bits per heavy atom. The molecule has 0 saturated carbocycles. The number of pyridine rings is 1. The molecule has 2 aromatic heterocycles. The van der Waals surface area contributed by atoms with Crippen molar-refractivity contribution in [3.63, 3.8) is 0 Å². The monoisotopic (exact) mass is 446 g/mol. The van der Waals surface area contributed by atoms with Crippen molar-refractivity contribution >= 4 is 28.7 Å². The number of rotatable bonds is 6. The zero-order valence-corrected chi connectivity index (χ0v) is 18.4. The average molecular weight is 447 g/mol. The molecule has 0 radical (unpaired) electrons. The number of halogens is 1. The van der Waals surface area contributed by atoms with Crippen LogP contribution in [0.5, 0.6) is 0 Å². The van der Waals surface area contributed by atoms with E-state index in [0.29, 0.717) is 6.54 Å². The Morgan fingerprint density at radius 2 is 1.69 bits per heavy atom. The van der Waals surface area contributed by atoms with E-state index in [1.165, 1.54) is 12.1 Å². The summed E-state index contributed by atoms with van der Waals surface area (Å²) >= 11 is 1.64. The zero-order valence-electron chi connectivity index (χ0n) is 17.6. The van der Waals surface area contributed by atoms with E-state index in [2.05, 4.69) is 9.55 Å². The highest BCUT2D eigenvalue weighted by Gasteiger charge is 2.19. The van der Waals surface area contributed by atoms with Gasteiger partial charge in [0.05, 0.1) is 23.8 Å². The third-order valence-electron chi connectivity index (χ3n) is 5.73. The lowest BCUT2D eigenvalue weighted by Gasteiger charge is -2.15. The van der Waals surface area contributed by atoms with Crippen molar-refractivity contribution < 1.29 is 9.18 Å². The van der Waals surface area contributed by atoms with Gasteiger partial charge in [-0.3, -0.25) is 9.78 Å². The molecule has 0 unspecified atom stereocenters. The summed E-state index contributed by atoms with van der Waals surface area (Å²) in [6.07, 6.45) is 5.74. The van der Waals surface area contributed by atoms with Crippen molar-refractivity contribution in [3.05, 3.63) is 89.5 Å². The number of hydrogen-bond acceptors (Lipinski definition) is 4. The van der Waals surface area contributed by atoms with Crippen molar-refractivity contribution in [1.29, 1.82) is 0 Å². The minimum absolute atomic E-state index is 0.121. The molecule has 3 heterocycles. The van der Waals surface area contributed by atoms with E-state index in [0.717, 1.165) is 64.6 Å². The fourth-order valence-electron chi connectivity index (χ4n) is 3.98. The number of thioether (sulfide) groups is 1. The molecule has 2 aromatic carbocycles. The molecule has 1 aliphatic rings. The summed E-state index contributed by atoms with van der Waals surface area (Å²) < 4.78 is 15.4. The maximum absolute atomic E-state index is 13.3. The molecular formula is C25H23FN4OS. The minimum Gasteiger partial charge on any atom is -0.339 e. The molecule has 1 aliphatic heterocycles. The van der Waals surface area contributed by atoms with Crippen LogP contribution in [0.1, 0.15) is 34.3 Å². The van der Waals surface area contributed by atoms with Gasteiger partial charge in [-0.2, -0.15) is 0 Å². The van der Waals surface area contributed by atoms with Gasteiger partial charge >= 0.3 is 0 Å². The molecule has 1 fully saturated rings. The van der Waals surface area contributed by atoms with Crippen LogP contribution in [0, 0.1) is 5.82 Å². The maximum atomic E-state index is 13.3. The van der Waals surface area contributed by atoms with Gasteiger partial charge in [0.1, 0.15) is 5.82 Å². The summed E-state index contributed by atoms with van der Waals surface area (Å²) in [5.41, 5.74) is 4.71. The minimum atomic E-state index is -0.243. The number of carbonyl (C=O) groups excluding carboxylic acids is 1. The summed E-state index contributed by atoms with van der Waals surface area (Å²) in [5.74, 6) is 0.612. The normalized spacial score (nSPS) is 13.7. The van der Waals surface area contributed by atoms with E-state index in [9.17, 15) is 9.18 Å². The van der Waals surface area contributed by atoms with E-state index in [1.54, 1.807) is 30.1 Å². The molecule has 1 saturated heterocycles. The van der Waals surface area contributed by atoms with E-state index in [1.807, 2.05) is 41.4 Å². The van der Waals surface area contributed by atoms with Gasteiger partial charge in [0.25, 0.3) is 5.91 Å². The number of carbonyl (C=O) groups is 1. The van der Waals surface area contributed by atoms with Crippen LogP contribution in [-0.2, 0) is 12.3 Å². The summed E-state index contributed by atoms with van der Waals surface area (Å²) in [6, 6.07) is 16.3. The number of fused-ring (bicyclic) bond motifs is 1. The highest BCUT2D eigenvalue weighted by molar-refractivity contribution is 7.98. The second-order valence-electron chi connectivity index (χ2n) is 7.96. The quantitative estimate of drug-likeness (QED) is 0.385. The fraction of sp³-hybridized carbons (Fsp3) is 0.240. The Morgan fingerprint density at radius 1 is 0.969 bits per heavy atom. The lowest BCUT2D eigenvalue weighted by molar-refractivity contribution is 0.0793. The van der Waals surface area contributed by atoms with Gasteiger partial charge in [-0.05, 0) is 54.3 Å². The average Bonchev–Trinajstić information content (AvgIpc) is 3.48. The van der Waals surface area contributed by atoms with Crippen LogP contribution in [0.3, 0.4) is 0 Å². The lowest BCUT2D eigenvalue weighted by Crippen LogP contribution is -2.27. The zero-order chi connectivity index (χ0) is 21.9. The predicted octanol–water partition coefficient (Wildman–Crippen LogP) is 5.15. The highest BCUT2D eigenvalue weighted by atomic mass is 32.2. The fourth-order valence-corrected chi connectivity index (χ4v) is 4.95. The van der Waals surface area contributed by atoms with E-state index < -0.39 is 0 Å². The Labute approximate surface area is 190 Å². The molecule has 1 amide bonds. The van der Waals surface area contributed by atoms with Crippen LogP contribution >= 0.6 is 11.8 Å². The van der Waals surface area contributed by atoms with E-state index in [-0.39, 0.29) is 11.7 Å². The smallest absolute Gasteiger partial charge is 0.253 e. The summed E-state index contributed by atoms with van der Waals surface area (Å²) in [6.45, 7) is 2.30. The van der Waals surface area contributed by atoms with Crippen molar-refractivity contribution in [2.24, 2.45) is 0 Å². The first-order valence-electron chi connectivity index (χ1n) is 10.7. The number of likely N-dealkylation sites (tertiary alicyclic amines) is 1. The number of nitrogens with zero attached hydrogens (tertiary/aromatic N) is 4. The molecule has 5 rings (SSSR count). The Hall–Kier alpha value is -3.19. The van der Waals surface area contributed by atoms with Crippen LogP contribution in [0.4, 0.5) is 4.39 Å². The third kappa shape index (κ3) is 4.39. The number of amides is 1. The van der Waals surface area contributed by atoms with Gasteiger partial charge in [-0.25, -0.2) is 9.37 Å². The first-order chi connectivity index (χ1) is 15.7. The summed E-state index contributed by atoms with van der Waals surface area (Å²) in [5, 5.41) is 0.884. The number of aromatic nitrogens is 3. The third-order valence-corrected chi connectivity index (χ3v) is 6.78. The van der Waals surface area contributed by atoms with Crippen LogP contribution < -0.4 is 0 Å². The first-order valence-corrected chi connectivity index (χ1v) is 11.7. The van der Waals surface area contributed by atoms with E-state index >= 15 is 0 Å². The maximum Gasteiger partial charge on any atom is 0.253 e. The molecule has 0 N–H and O–H groups in total. The van der Waals surface area contributed by atoms with Gasteiger partial charge in [-0.1, -0.05) is 36.0 Å². The first kappa shape index (κ1) is 20.7. The van der Waals surface area contributed by atoms with Crippen molar-refractivity contribution in [1.82, 2.24) is 19.4 Å². The van der Waals surface area contributed by atoms with Gasteiger partial charge in [-0.15, -0.1) is 0 Å². The number of hydrogen-bond donors (Lipinski definition) is 0. The van der Waals surface area contributed by atoms with Crippen LogP contribution in [0.15, 0.2) is 72.1 Å². The number of imidazole rings is 1. The molecule has 0 spiro atoms. The van der Waals surface area contributed by atoms with Gasteiger partial charge in [0.2, 0.25) is 0 Å². The summed E-state index contributed by atoms with van der Waals surface area (Å²) in [7, 11) is 0. The van der Waals surface area contributed by atoms with Crippen LogP contribution in [0.25, 0.3) is 11.0 Å². The standard InChI is InChI=1S/C25H23FN4OS/c26-21-9-5-18(6-10-21)16-30-23-15-27-12-11-22(23)28-25(30)32-17-19-3-7-20(8-4-19)24(31)29-13-1-2-14-29/h3-12,15H,1-2,13-14,16-17H2. The van der Waals surface area contributed by atoms with E-state index in [4.69, 9.17) is 4.98 Å². The second kappa shape index (κ2) is 9.12. The summed E-state index contributed by atoms with van der Waals surface area (Å²) in [4.78, 5) is 23.5. The Bertz CT molecular complexity index is 1230. The van der Waals surface area contributed by atoms with Crippen LogP contribution in [-0.4, -0.2) is 38.4 Å². The van der Waals surface area contributed by atoms with Gasteiger partial charge in [0.15, 0.2) is 5.16 Å². The Balaban J connectivity index is 1.33. The topological polar surface area (TPSA) is 51.0 Å². The molecule has 0 bridgehead atoms. The molecule has 4 aromatic rings. The van der Waals surface area contributed by atoms with Crippen molar-refractivity contribution in [2.75, 3.05) is 13.1 Å². The molecular weight excluding hydrogens is 423 g/mol. The molecule has 32 heavy (non-hydrogen) atoms. The van der Waals surface area contributed by atoms with Crippen LogP contribution in [0.2, 0.25) is 0 Å². The molecule has 162 valence electrons. The molecule has 7 heteroatoms. The largest absolute Gasteiger partial charge is 0.339 e. The molecule has 0 atom stereocenters. The van der Waals surface area contributed by atoms with Gasteiger partial charge < -0.3 is 9.47 Å². The molecule has 5 nitrogen and oxygen atoms in total. The number of benzene rings is 2. The highest BCUT2D eigenvalue weighted by Crippen LogP contribution is 2.28. The molecule has 0 aliphatic carbocycles. The van der Waals surface area contributed by atoms with Gasteiger partial charge in [0, 0.05) is 30.6 Å². The predicted molar refractivity (Wildman–Crippen MR) is 124 cm³/mol. The van der Waals surface area contributed by atoms with Crippen molar-refractivity contribution in [2.45, 2.75) is 30.3 Å². The SMILES string of the molecule is O=C(c1ccc(CSc2nc3ccncc3n2Cc2ccc(F)cc2)cc1)N1CCCC1. The lowest BCUT2D eigenvalue weighted by atomic mass is 10.1. The van der Waals surface area contributed by atoms with Crippen molar-refractivity contribution in [3.8, 4) is 0 Å². The Kier molecular flexibility index (Phi) is 5.90.